The van der Waals surface area contributed by atoms with Gasteiger partial charge in [-0.1, -0.05) is 23.5 Å². The second-order valence-electron chi connectivity index (χ2n) is 3.99. The standard InChI is InChI=1S/C14H9FN2O2S/c15-12-8-17-13(18)7-11(12)9-2-1-3-10(6-9)19-14-16-4-5-20-14/h1-8H,(H,17,18). The van der Waals surface area contributed by atoms with Crippen LogP contribution in [0.3, 0.4) is 0 Å². The molecule has 0 fully saturated rings. The molecular weight excluding hydrogens is 279 g/mol. The van der Waals surface area contributed by atoms with Crippen molar-refractivity contribution in [2.24, 2.45) is 0 Å². The maximum atomic E-state index is 13.7. The van der Waals surface area contributed by atoms with Gasteiger partial charge in [0.15, 0.2) is 0 Å². The Morgan fingerprint density at radius 3 is 3.00 bits per heavy atom. The number of nitrogens with one attached hydrogen (secondary N) is 1. The third-order valence-electron chi connectivity index (χ3n) is 2.63. The van der Waals surface area contributed by atoms with E-state index in [-0.39, 0.29) is 11.1 Å². The molecule has 2 aromatic heterocycles. The van der Waals surface area contributed by atoms with Crippen LogP contribution >= 0.6 is 11.3 Å². The van der Waals surface area contributed by atoms with E-state index in [1.54, 1.807) is 35.8 Å². The Balaban J connectivity index is 1.98. The van der Waals surface area contributed by atoms with Crippen LogP contribution in [0.15, 0.2) is 52.9 Å². The van der Waals surface area contributed by atoms with Crippen LogP contribution in [0.25, 0.3) is 11.1 Å². The number of pyridine rings is 1. The maximum absolute atomic E-state index is 13.7. The van der Waals surface area contributed by atoms with Crippen LogP contribution in [-0.2, 0) is 0 Å². The number of benzene rings is 1. The van der Waals surface area contributed by atoms with Crippen LogP contribution in [0.1, 0.15) is 0 Å². The summed E-state index contributed by atoms with van der Waals surface area (Å²) in [4.78, 5) is 17.6. The number of aromatic nitrogens is 2. The van der Waals surface area contributed by atoms with Crippen molar-refractivity contribution in [3.05, 3.63) is 64.3 Å². The van der Waals surface area contributed by atoms with Gasteiger partial charge in [0.1, 0.15) is 11.6 Å². The number of thiazole rings is 1. The Morgan fingerprint density at radius 2 is 2.20 bits per heavy atom. The van der Waals surface area contributed by atoms with E-state index in [2.05, 4.69) is 9.97 Å². The zero-order chi connectivity index (χ0) is 13.9. The van der Waals surface area contributed by atoms with E-state index in [0.717, 1.165) is 6.20 Å². The molecule has 0 unspecified atom stereocenters. The van der Waals surface area contributed by atoms with Crippen LogP contribution in [-0.4, -0.2) is 9.97 Å². The molecule has 6 heteroatoms. The number of hydrogen-bond donors (Lipinski definition) is 1. The van der Waals surface area contributed by atoms with Gasteiger partial charge < -0.3 is 9.72 Å². The van der Waals surface area contributed by atoms with Crippen molar-refractivity contribution in [1.82, 2.24) is 9.97 Å². The summed E-state index contributed by atoms with van der Waals surface area (Å²) in [5.41, 5.74) is 0.452. The van der Waals surface area contributed by atoms with Gasteiger partial charge in [-0.2, -0.15) is 0 Å². The van der Waals surface area contributed by atoms with Crippen molar-refractivity contribution in [2.45, 2.75) is 0 Å². The molecule has 3 aromatic rings. The van der Waals surface area contributed by atoms with Gasteiger partial charge in [-0.3, -0.25) is 4.79 Å². The number of ether oxygens (including phenoxy) is 1. The second-order valence-corrected chi connectivity index (χ2v) is 4.84. The average Bonchev–Trinajstić information content (AvgIpc) is 2.95. The van der Waals surface area contributed by atoms with Crippen molar-refractivity contribution < 1.29 is 9.13 Å². The lowest BCUT2D eigenvalue weighted by molar-refractivity contribution is 0.479. The van der Waals surface area contributed by atoms with Crippen LogP contribution < -0.4 is 10.3 Å². The largest absolute Gasteiger partial charge is 0.431 e. The zero-order valence-electron chi connectivity index (χ0n) is 10.2. The van der Waals surface area contributed by atoms with Gasteiger partial charge in [-0.25, -0.2) is 9.37 Å². The van der Waals surface area contributed by atoms with Crippen molar-refractivity contribution in [3.63, 3.8) is 0 Å². The summed E-state index contributed by atoms with van der Waals surface area (Å²) in [5, 5.41) is 2.31. The SMILES string of the molecule is O=c1cc(-c2cccc(Oc3nccs3)c2)c(F)c[nH]1. The summed E-state index contributed by atoms with van der Waals surface area (Å²) in [7, 11) is 0. The molecule has 0 bridgehead atoms. The minimum absolute atomic E-state index is 0.235. The van der Waals surface area contributed by atoms with Crippen LogP contribution in [0.2, 0.25) is 0 Å². The van der Waals surface area contributed by atoms with E-state index in [9.17, 15) is 9.18 Å². The first-order chi connectivity index (χ1) is 9.72. The van der Waals surface area contributed by atoms with Crippen LogP contribution in [0.4, 0.5) is 4.39 Å². The molecule has 20 heavy (non-hydrogen) atoms. The maximum Gasteiger partial charge on any atom is 0.278 e. The minimum Gasteiger partial charge on any atom is -0.431 e. The van der Waals surface area contributed by atoms with E-state index in [1.807, 2.05) is 0 Å². The molecule has 1 aromatic carbocycles. The van der Waals surface area contributed by atoms with Crippen molar-refractivity contribution >= 4 is 11.3 Å². The lowest BCUT2D eigenvalue weighted by atomic mass is 10.1. The van der Waals surface area contributed by atoms with E-state index in [0.29, 0.717) is 16.5 Å². The summed E-state index contributed by atoms with van der Waals surface area (Å²) < 4.78 is 19.3. The van der Waals surface area contributed by atoms with E-state index < -0.39 is 5.82 Å². The van der Waals surface area contributed by atoms with Crippen LogP contribution in [0, 0.1) is 5.82 Å². The van der Waals surface area contributed by atoms with Crippen molar-refractivity contribution in [2.75, 3.05) is 0 Å². The molecule has 1 N–H and O–H groups in total. The molecule has 0 saturated carbocycles. The Morgan fingerprint density at radius 1 is 1.30 bits per heavy atom. The number of nitrogens with zero attached hydrogens (tertiary/aromatic N) is 1. The molecule has 0 aliphatic carbocycles. The summed E-state index contributed by atoms with van der Waals surface area (Å²) in [6.07, 6.45) is 2.69. The molecule has 0 spiro atoms. The summed E-state index contributed by atoms with van der Waals surface area (Å²) in [6.45, 7) is 0. The van der Waals surface area contributed by atoms with Gasteiger partial charge >= 0.3 is 0 Å². The minimum atomic E-state index is -0.490. The first-order valence-electron chi connectivity index (χ1n) is 5.78. The first kappa shape index (κ1) is 12.6. The molecule has 0 radical (unpaired) electrons. The second kappa shape index (κ2) is 5.26. The van der Waals surface area contributed by atoms with Gasteiger partial charge in [0.05, 0.1) is 0 Å². The van der Waals surface area contributed by atoms with E-state index in [4.69, 9.17) is 4.74 Å². The number of halogens is 1. The lowest BCUT2D eigenvalue weighted by Crippen LogP contribution is -2.04. The quantitative estimate of drug-likeness (QED) is 0.803. The predicted octanol–water partition coefficient (Wildman–Crippen LogP) is 3.43. The normalized spacial score (nSPS) is 10.4. The first-order valence-corrected chi connectivity index (χ1v) is 6.66. The number of hydrogen-bond acceptors (Lipinski definition) is 4. The fraction of sp³-hybridized carbons (Fsp3) is 0. The molecule has 100 valence electrons. The fourth-order valence-electron chi connectivity index (χ4n) is 1.76. The summed E-state index contributed by atoms with van der Waals surface area (Å²) in [5.74, 6) is 0.0492. The number of rotatable bonds is 3. The van der Waals surface area contributed by atoms with Gasteiger partial charge in [-0.15, -0.1) is 0 Å². The Bertz CT molecular complexity index is 784. The third kappa shape index (κ3) is 2.60. The molecule has 4 nitrogen and oxygen atoms in total. The van der Waals surface area contributed by atoms with Gasteiger partial charge in [0, 0.05) is 29.4 Å². The molecule has 0 aliphatic heterocycles. The Kier molecular flexibility index (Phi) is 3.30. The number of H-pyrrole nitrogens is 1. The van der Waals surface area contributed by atoms with Crippen molar-refractivity contribution in [1.29, 1.82) is 0 Å². The predicted molar refractivity (Wildman–Crippen MR) is 74.6 cm³/mol. The third-order valence-corrected chi connectivity index (χ3v) is 3.28. The zero-order valence-corrected chi connectivity index (χ0v) is 11.0. The monoisotopic (exact) mass is 288 g/mol. The highest BCUT2D eigenvalue weighted by atomic mass is 32.1. The van der Waals surface area contributed by atoms with Gasteiger partial charge in [-0.05, 0) is 17.7 Å². The van der Waals surface area contributed by atoms with E-state index >= 15 is 0 Å². The highest BCUT2D eigenvalue weighted by Gasteiger charge is 2.08. The Labute approximate surface area is 117 Å². The molecular formula is C14H9FN2O2S. The molecule has 0 amide bonds. The fourth-order valence-corrected chi connectivity index (χ4v) is 2.27. The van der Waals surface area contributed by atoms with Gasteiger partial charge in [0.25, 0.3) is 5.19 Å². The summed E-state index contributed by atoms with van der Waals surface area (Å²) >= 11 is 1.36. The molecule has 3 rings (SSSR count). The smallest absolute Gasteiger partial charge is 0.278 e. The molecule has 0 saturated heterocycles. The molecule has 0 aliphatic rings. The lowest BCUT2D eigenvalue weighted by Gasteiger charge is -2.06. The Hall–Kier alpha value is -2.47. The van der Waals surface area contributed by atoms with Gasteiger partial charge in [0.2, 0.25) is 5.56 Å². The van der Waals surface area contributed by atoms with Crippen LogP contribution in [0.5, 0.6) is 10.9 Å². The average molecular weight is 288 g/mol. The highest BCUT2D eigenvalue weighted by molar-refractivity contribution is 7.11. The van der Waals surface area contributed by atoms with Crippen molar-refractivity contribution in [3.8, 4) is 22.1 Å². The number of aromatic amines is 1. The van der Waals surface area contributed by atoms with E-state index in [1.165, 1.54) is 17.4 Å². The highest BCUT2D eigenvalue weighted by Crippen LogP contribution is 2.28. The molecule has 2 heterocycles. The molecule has 0 atom stereocenters. The summed E-state index contributed by atoms with van der Waals surface area (Å²) in [6, 6.07) is 8.08. The topological polar surface area (TPSA) is 55.0 Å².